The van der Waals surface area contributed by atoms with Crippen LogP contribution in [-0.4, -0.2) is 4.98 Å². The van der Waals surface area contributed by atoms with E-state index in [0.29, 0.717) is 0 Å². The minimum atomic E-state index is 0.758. The maximum absolute atomic E-state index is 6.00. The first-order chi connectivity index (χ1) is 10.3. The summed E-state index contributed by atoms with van der Waals surface area (Å²) >= 11 is 3.40. The highest BCUT2D eigenvalue weighted by molar-refractivity contribution is 9.10. The van der Waals surface area contributed by atoms with Crippen molar-refractivity contribution in [3.05, 3.63) is 71.5 Å². The van der Waals surface area contributed by atoms with Gasteiger partial charge in [-0.2, -0.15) is 0 Å². The molecule has 0 amide bonds. The predicted molar refractivity (Wildman–Crippen MR) is 86.7 cm³/mol. The van der Waals surface area contributed by atoms with Crippen LogP contribution >= 0.6 is 15.9 Å². The van der Waals surface area contributed by atoms with Crippen LogP contribution in [0.25, 0.3) is 0 Å². The van der Waals surface area contributed by atoms with Crippen molar-refractivity contribution in [1.82, 2.24) is 4.98 Å². The second-order valence-electron chi connectivity index (χ2n) is 4.72. The summed E-state index contributed by atoms with van der Waals surface area (Å²) in [6.07, 6.45) is 1.82. The molecule has 21 heavy (non-hydrogen) atoms. The molecule has 0 saturated carbocycles. The van der Waals surface area contributed by atoms with Gasteiger partial charge in [0.1, 0.15) is 10.3 Å². The molecule has 0 spiro atoms. The van der Waals surface area contributed by atoms with E-state index >= 15 is 0 Å². The Morgan fingerprint density at radius 3 is 2.48 bits per heavy atom. The summed E-state index contributed by atoms with van der Waals surface area (Å²) in [5, 5.41) is 0. The average molecular weight is 339 g/mol. The van der Waals surface area contributed by atoms with E-state index in [2.05, 4.69) is 37.9 Å². The van der Waals surface area contributed by atoms with Gasteiger partial charge >= 0.3 is 0 Å². The van der Waals surface area contributed by atoms with Crippen molar-refractivity contribution in [2.75, 3.05) is 4.90 Å². The first kappa shape index (κ1) is 12.4. The summed E-state index contributed by atoms with van der Waals surface area (Å²) in [4.78, 5) is 6.50. The van der Waals surface area contributed by atoms with Gasteiger partial charge in [-0.05, 0) is 40.2 Å². The fourth-order valence-electron chi connectivity index (χ4n) is 2.49. The summed E-state index contributed by atoms with van der Waals surface area (Å²) in [7, 11) is 0. The third-order valence-corrected chi connectivity index (χ3v) is 3.83. The second kappa shape index (κ2) is 4.90. The molecule has 2 heterocycles. The Morgan fingerprint density at radius 2 is 1.62 bits per heavy atom. The Kier molecular flexibility index (Phi) is 2.89. The van der Waals surface area contributed by atoms with E-state index in [1.807, 2.05) is 54.7 Å². The molecule has 4 rings (SSSR count). The van der Waals surface area contributed by atoms with Crippen LogP contribution < -0.4 is 9.64 Å². The topological polar surface area (TPSA) is 25.4 Å². The summed E-state index contributed by atoms with van der Waals surface area (Å²) in [6.45, 7) is 0. The van der Waals surface area contributed by atoms with E-state index < -0.39 is 0 Å². The predicted octanol–water partition coefficient (Wildman–Crippen LogP) is 5.42. The molecule has 0 unspecified atom stereocenters. The third kappa shape index (κ3) is 2.08. The lowest BCUT2D eigenvalue weighted by molar-refractivity contribution is 0.475. The molecule has 0 aliphatic carbocycles. The van der Waals surface area contributed by atoms with Crippen molar-refractivity contribution in [3.63, 3.8) is 0 Å². The highest BCUT2D eigenvalue weighted by atomic mass is 79.9. The lowest BCUT2D eigenvalue weighted by Crippen LogP contribution is -2.15. The van der Waals surface area contributed by atoms with Gasteiger partial charge in [0.25, 0.3) is 0 Å². The van der Waals surface area contributed by atoms with E-state index in [0.717, 1.165) is 33.2 Å². The fourth-order valence-corrected chi connectivity index (χ4v) is 2.80. The van der Waals surface area contributed by atoms with Crippen LogP contribution in [0.5, 0.6) is 11.5 Å². The number of aromatic nitrogens is 1. The molecule has 0 saturated heterocycles. The third-order valence-electron chi connectivity index (χ3n) is 3.39. The van der Waals surface area contributed by atoms with E-state index in [4.69, 9.17) is 4.74 Å². The van der Waals surface area contributed by atoms with Crippen molar-refractivity contribution in [3.8, 4) is 11.5 Å². The van der Waals surface area contributed by atoms with Gasteiger partial charge in [-0.1, -0.05) is 30.3 Å². The van der Waals surface area contributed by atoms with Gasteiger partial charge in [-0.15, -0.1) is 0 Å². The minimum absolute atomic E-state index is 0.758. The quantitative estimate of drug-likeness (QED) is 0.433. The van der Waals surface area contributed by atoms with E-state index in [1.165, 1.54) is 0 Å². The molecular weight excluding hydrogens is 328 g/mol. The molecule has 1 aromatic heterocycles. The highest BCUT2D eigenvalue weighted by Gasteiger charge is 2.25. The zero-order chi connectivity index (χ0) is 14.2. The average Bonchev–Trinajstić information content (AvgIpc) is 2.53. The van der Waals surface area contributed by atoms with E-state index in [-0.39, 0.29) is 0 Å². The number of fused-ring (bicyclic) bond motifs is 2. The van der Waals surface area contributed by atoms with Crippen LogP contribution in [0.3, 0.4) is 0 Å². The van der Waals surface area contributed by atoms with Gasteiger partial charge in [-0.25, -0.2) is 4.98 Å². The number of hydrogen-bond donors (Lipinski definition) is 0. The molecule has 0 bridgehead atoms. The first-order valence-corrected chi connectivity index (χ1v) is 7.40. The summed E-state index contributed by atoms with van der Waals surface area (Å²) < 4.78 is 6.76. The number of pyridine rings is 1. The van der Waals surface area contributed by atoms with Crippen molar-refractivity contribution < 1.29 is 4.74 Å². The maximum atomic E-state index is 6.00. The molecule has 3 nitrogen and oxygen atoms in total. The maximum Gasteiger partial charge on any atom is 0.155 e. The molecular formula is C17H11BrN2O. The van der Waals surface area contributed by atoms with Gasteiger partial charge in [0.15, 0.2) is 11.5 Å². The van der Waals surface area contributed by atoms with Crippen LogP contribution in [0.4, 0.5) is 17.1 Å². The Balaban J connectivity index is 1.97. The van der Waals surface area contributed by atoms with Crippen LogP contribution in [0.1, 0.15) is 0 Å². The number of halogens is 1. The molecule has 0 atom stereocenters. The van der Waals surface area contributed by atoms with Crippen LogP contribution in [0.15, 0.2) is 71.5 Å². The van der Waals surface area contributed by atoms with Crippen molar-refractivity contribution in [1.29, 1.82) is 0 Å². The van der Waals surface area contributed by atoms with E-state index in [1.54, 1.807) is 0 Å². The summed E-state index contributed by atoms with van der Waals surface area (Å²) in [6, 6.07) is 20.1. The lowest BCUT2D eigenvalue weighted by Gasteiger charge is -2.32. The first-order valence-electron chi connectivity index (χ1n) is 6.60. The lowest BCUT2D eigenvalue weighted by atomic mass is 10.1. The van der Waals surface area contributed by atoms with Crippen LogP contribution in [0.2, 0.25) is 0 Å². The number of ether oxygens (including phenoxy) is 1. The van der Waals surface area contributed by atoms with Gasteiger partial charge in [-0.3, -0.25) is 0 Å². The van der Waals surface area contributed by atoms with Crippen molar-refractivity contribution >= 4 is 33.0 Å². The Morgan fingerprint density at radius 1 is 0.857 bits per heavy atom. The normalized spacial score (nSPS) is 12.3. The minimum Gasteiger partial charge on any atom is -0.453 e. The van der Waals surface area contributed by atoms with Gasteiger partial charge in [0.2, 0.25) is 0 Å². The molecule has 0 radical (unpaired) electrons. The SMILES string of the molecule is Brc1cc2c(cn1)N(c1ccccc1)c1ccccc1O2. The smallest absolute Gasteiger partial charge is 0.155 e. The molecule has 3 aromatic rings. The Hall–Kier alpha value is -2.33. The Bertz CT molecular complexity index is 805. The zero-order valence-corrected chi connectivity index (χ0v) is 12.6. The molecule has 1 aliphatic heterocycles. The fraction of sp³-hybridized carbons (Fsp3) is 0. The molecule has 2 aromatic carbocycles. The zero-order valence-electron chi connectivity index (χ0n) is 11.0. The molecule has 1 aliphatic rings. The summed E-state index contributed by atoms with van der Waals surface area (Å²) in [5.74, 6) is 1.63. The second-order valence-corrected chi connectivity index (χ2v) is 5.53. The van der Waals surface area contributed by atoms with Crippen molar-refractivity contribution in [2.24, 2.45) is 0 Å². The highest BCUT2D eigenvalue weighted by Crippen LogP contribution is 2.50. The largest absolute Gasteiger partial charge is 0.453 e. The number of hydrogen-bond acceptors (Lipinski definition) is 3. The number of rotatable bonds is 1. The number of nitrogens with zero attached hydrogens (tertiary/aromatic N) is 2. The van der Waals surface area contributed by atoms with Gasteiger partial charge in [0, 0.05) is 11.8 Å². The van der Waals surface area contributed by atoms with E-state index in [9.17, 15) is 0 Å². The standard InChI is InChI=1S/C17H11BrN2O/c18-17-10-16-14(11-19-17)20(12-6-2-1-3-7-12)13-8-4-5-9-15(13)21-16/h1-11H. The van der Waals surface area contributed by atoms with Gasteiger partial charge in [0.05, 0.1) is 11.9 Å². The number of anilines is 3. The van der Waals surface area contributed by atoms with Crippen LogP contribution in [0, 0.1) is 0 Å². The van der Waals surface area contributed by atoms with Crippen molar-refractivity contribution in [2.45, 2.75) is 0 Å². The molecule has 0 fully saturated rings. The van der Waals surface area contributed by atoms with Crippen LogP contribution in [-0.2, 0) is 0 Å². The molecule has 0 N–H and O–H groups in total. The van der Waals surface area contributed by atoms with Gasteiger partial charge < -0.3 is 9.64 Å². The number of para-hydroxylation sites is 3. The monoisotopic (exact) mass is 338 g/mol. The molecule has 4 heteroatoms. The summed E-state index contributed by atoms with van der Waals surface area (Å²) in [5.41, 5.74) is 3.03. The Labute approximate surface area is 131 Å². The molecule has 102 valence electrons. The number of benzene rings is 2.